The van der Waals surface area contributed by atoms with Gasteiger partial charge in [0.2, 0.25) is 0 Å². The predicted octanol–water partition coefficient (Wildman–Crippen LogP) is 3.62. The minimum Gasteiger partial charge on any atom is -0.490 e. The fourth-order valence-corrected chi connectivity index (χ4v) is 5.37. The topological polar surface area (TPSA) is 117 Å². The largest absolute Gasteiger partial charge is 0.490 e. The van der Waals surface area contributed by atoms with Crippen molar-refractivity contribution >= 4 is 17.9 Å². The standard InChI is InChI=1S/C27H28N6O2/c1-17-23(22-9-3-6-19-7-4-12-30-24(19)22)25(26(29)34)31-32-27(17)33-13-10-20(11-14-33)35-21-8-2-5-18(15-21)16-28/h2,4-8,12,15,20,22,24H,3,9-11,13-14H2,1H3,(H2,29,34)/t22-,24+/m0/s1. The molecule has 178 valence electrons. The van der Waals surface area contributed by atoms with Crippen LogP contribution in [0.15, 0.2) is 53.1 Å². The van der Waals surface area contributed by atoms with E-state index < -0.39 is 5.91 Å². The Kier molecular flexibility index (Phi) is 6.32. The molecule has 0 unspecified atom stereocenters. The molecule has 0 saturated carbocycles. The van der Waals surface area contributed by atoms with Crippen LogP contribution in [0, 0.1) is 18.3 Å². The van der Waals surface area contributed by atoms with Gasteiger partial charge in [-0.1, -0.05) is 18.2 Å². The Morgan fingerprint density at radius 3 is 2.83 bits per heavy atom. The Labute approximate surface area is 204 Å². The van der Waals surface area contributed by atoms with E-state index >= 15 is 0 Å². The van der Waals surface area contributed by atoms with Crippen LogP contribution in [0.4, 0.5) is 5.82 Å². The lowest BCUT2D eigenvalue weighted by Crippen LogP contribution is -2.40. The number of carbonyl (C=O) groups is 1. The van der Waals surface area contributed by atoms with Crippen LogP contribution >= 0.6 is 0 Å². The number of ether oxygens (including phenoxy) is 1. The quantitative estimate of drug-likeness (QED) is 0.716. The van der Waals surface area contributed by atoms with E-state index in [1.54, 1.807) is 12.1 Å². The smallest absolute Gasteiger partial charge is 0.269 e. The van der Waals surface area contributed by atoms with Gasteiger partial charge in [0.25, 0.3) is 5.91 Å². The third kappa shape index (κ3) is 4.54. The number of rotatable bonds is 5. The SMILES string of the molecule is Cc1c(N2CCC(Oc3cccc(C#N)c3)CC2)nnc(C(N)=O)c1[C@@H]1CCC=C2C=CC=N[C@H]21. The van der Waals surface area contributed by atoms with Crippen molar-refractivity contribution in [1.82, 2.24) is 10.2 Å². The summed E-state index contributed by atoms with van der Waals surface area (Å²) in [7, 11) is 0. The van der Waals surface area contributed by atoms with E-state index in [4.69, 9.17) is 20.7 Å². The minimum absolute atomic E-state index is 0.0289. The maximum Gasteiger partial charge on any atom is 0.269 e. The van der Waals surface area contributed by atoms with Gasteiger partial charge in [-0.25, -0.2) is 0 Å². The number of allylic oxidation sites excluding steroid dienone is 2. The first-order valence-electron chi connectivity index (χ1n) is 12.0. The number of anilines is 1. The van der Waals surface area contributed by atoms with Crippen molar-refractivity contribution in [3.63, 3.8) is 0 Å². The summed E-state index contributed by atoms with van der Waals surface area (Å²) in [6.45, 7) is 3.53. The van der Waals surface area contributed by atoms with Gasteiger partial charge in [0.05, 0.1) is 17.7 Å². The van der Waals surface area contributed by atoms with Gasteiger partial charge in [-0.05, 0) is 60.7 Å². The van der Waals surface area contributed by atoms with Crippen LogP contribution in [-0.4, -0.2) is 47.6 Å². The number of hydrogen-bond acceptors (Lipinski definition) is 7. The monoisotopic (exact) mass is 468 g/mol. The maximum absolute atomic E-state index is 12.3. The van der Waals surface area contributed by atoms with Crippen molar-refractivity contribution in [3.8, 4) is 11.8 Å². The van der Waals surface area contributed by atoms with E-state index in [9.17, 15) is 4.79 Å². The van der Waals surface area contributed by atoms with Gasteiger partial charge in [-0.15, -0.1) is 10.2 Å². The van der Waals surface area contributed by atoms with Crippen LogP contribution in [0.3, 0.4) is 0 Å². The number of nitrogens with zero attached hydrogens (tertiary/aromatic N) is 5. The van der Waals surface area contributed by atoms with Crippen molar-refractivity contribution in [1.29, 1.82) is 5.26 Å². The summed E-state index contributed by atoms with van der Waals surface area (Å²) in [4.78, 5) is 19.3. The first kappa shape index (κ1) is 22.8. The van der Waals surface area contributed by atoms with Crippen LogP contribution in [0.2, 0.25) is 0 Å². The van der Waals surface area contributed by atoms with Crippen molar-refractivity contribution < 1.29 is 9.53 Å². The van der Waals surface area contributed by atoms with E-state index in [1.807, 2.05) is 31.3 Å². The molecule has 1 aromatic carbocycles. The molecule has 2 aliphatic heterocycles. The number of piperidine rings is 1. The van der Waals surface area contributed by atoms with Crippen LogP contribution in [0.5, 0.6) is 5.75 Å². The average molecular weight is 469 g/mol. The molecular weight excluding hydrogens is 440 g/mol. The number of amides is 1. The fourth-order valence-electron chi connectivity index (χ4n) is 5.37. The van der Waals surface area contributed by atoms with Crippen LogP contribution in [-0.2, 0) is 0 Å². The van der Waals surface area contributed by atoms with Gasteiger partial charge in [0, 0.05) is 38.1 Å². The van der Waals surface area contributed by atoms with E-state index in [0.29, 0.717) is 5.56 Å². The lowest BCUT2D eigenvalue weighted by molar-refractivity contribution is 0.0992. The zero-order chi connectivity index (χ0) is 24.4. The average Bonchev–Trinajstić information content (AvgIpc) is 2.89. The number of primary amides is 1. The number of dihydropyridines is 1. The number of benzene rings is 1. The molecule has 35 heavy (non-hydrogen) atoms. The third-order valence-electron chi connectivity index (χ3n) is 7.05. The van der Waals surface area contributed by atoms with Gasteiger partial charge in [0.15, 0.2) is 11.5 Å². The Morgan fingerprint density at radius 2 is 2.06 bits per heavy atom. The van der Waals surface area contributed by atoms with Gasteiger partial charge < -0.3 is 15.4 Å². The molecule has 0 spiro atoms. The minimum atomic E-state index is -0.555. The Bertz CT molecular complexity index is 1270. The molecule has 8 heteroatoms. The number of aromatic nitrogens is 2. The van der Waals surface area contributed by atoms with Crippen LogP contribution in [0.1, 0.15) is 58.8 Å². The summed E-state index contributed by atoms with van der Waals surface area (Å²) in [5.41, 5.74) is 9.58. The van der Waals surface area contributed by atoms with Crippen molar-refractivity contribution in [2.75, 3.05) is 18.0 Å². The molecule has 2 aromatic rings. The summed E-state index contributed by atoms with van der Waals surface area (Å²) in [5, 5.41) is 17.9. The highest BCUT2D eigenvalue weighted by Gasteiger charge is 2.35. The van der Waals surface area contributed by atoms with Crippen LogP contribution < -0.4 is 15.4 Å². The lowest BCUT2D eigenvalue weighted by Gasteiger charge is -2.36. The molecule has 1 fully saturated rings. The second-order valence-electron chi connectivity index (χ2n) is 9.21. The second-order valence-corrected chi connectivity index (χ2v) is 9.21. The molecule has 1 aromatic heterocycles. The molecule has 0 bridgehead atoms. The number of aliphatic imine (C=N–C) groups is 1. The lowest BCUT2D eigenvalue weighted by atomic mass is 9.77. The van der Waals surface area contributed by atoms with Crippen molar-refractivity contribution in [2.24, 2.45) is 10.7 Å². The highest BCUT2D eigenvalue weighted by Crippen LogP contribution is 2.41. The Balaban J connectivity index is 1.37. The number of nitriles is 1. The molecule has 1 amide bonds. The molecule has 5 rings (SSSR count). The van der Waals surface area contributed by atoms with Crippen molar-refractivity contribution in [3.05, 3.63) is 70.5 Å². The Morgan fingerprint density at radius 1 is 1.23 bits per heavy atom. The first-order chi connectivity index (χ1) is 17.0. The molecule has 2 atom stereocenters. The molecule has 3 heterocycles. The van der Waals surface area contributed by atoms with Gasteiger partial charge in [0.1, 0.15) is 11.9 Å². The van der Waals surface area contributed by atoms with Gasteiger partial charge in [-0.3, -0.25) is 9.79 Å². The van der Waals surface area contributed by atoms with Crippen LogP contribution in [0.25, 0.3) is 0 Å². The van der Waals surface area contributed by atoms with Crippen molar-refractivity contribution in [2.45, 2.75) is 50.7 Å². The van der Waals surface area contributed by atoms with Gasteiger partial charge >= 0.3 is 0 Å². The van der Waals surface area contributed by atoms with E-state index in [1.165, 1.54) is 5.57 Å². The normalized spacial score (nSPS) is 21.7. The summed E-state index contributed by atoms with van der Waals surface area (Å²) in [6, 6.07) is 9.37. The molecule has 1 aliphatic carbocycles. The molecule has 0 radical (unpaired) electrons. The summed E-state index contributed by atoms with van der Waals surface area (Å²) in [5.74, 6) is 0.984. The van der Waals surface area contributed by atoms with E-state index in [0.717, 1.165) is 61.5 Å². The molecule has 8 nitrogen and oxygen atoms in total. The highest BCUT2D eigenvalue weighted by atomic mass is 16.5. The molecule has 1 saturated heterocycles. The molecule has 2 N–H and O–H groups in total. The fraction of sp³-hybridized carbons (Fsp3) is 0.370. The molecular formula is C27H28N6O2. The summed E-state index contributed by atoms with van der Waals surface area (Å²) < 4.78 is 6.14. The zero-order valence-electron chi connectivity index (χ0n) is 19.7. The summed E-state index contributed by atoms with van der Waals surface area (Å²) in [6.07, 6.45) is 11.6. The van der Waals surface area contributed by atoms with E-state index in [2.05, 4.69) is 33.3 Å². The molecule has 3 aliphatic rings. The second kappa shape index (κ2) is 9.71. The van der Waals surface area contributed by atoms with Gasteiger partial charge in [-0.2, -0.15) is 5.26 Å². The predicted molar refractivity (Wildman–Crippen MR) is 134 cm³/mol. The highest BCUT2D eigenvalue weighted by molar-refractivity contribution is 5.93. The summed E-state index contributed by atoms with van der Waals surface area (Å²) >= 11 is 0. The Hall–Kier alpha value is -3.99. The zero-order valence-corrected chi connectivity index (χ0v) is 19.7. The maximum atomic E-state index is 12.3. The number of nitrogens with two attached hydrogens (primary N) is 1. The number of fused-ring (bicyclic) bond motifs is 1. The third-order valence-corrected chi connectivity index (χ3v) is 7.05. The first-order valence-corrected chi connectivity index (χ1v) is 12.0. The number of carbonyl (C=O) groups excluding carboxylic acids is 1. The van der Waals surface area contributed by atoms with E-state index in [-0.39, 0.29) is 23.8 Å². The number of hydrogen-bond donors (Lipinski definition) is 1.